The minimum absolute atomic E-state index is 0.0180. The molecule has 22 heavy (non-hydrogen) atoms. The molecule has 3 nitrogen and oxygen atoms in total. The number of hydrogen-bond donors (Lipinski definition) is 1. The van der Waals surface area contributed by atoms with E-state index in [1.165, 1.54) is 5.06 Å². The van der Waals surface area contributed by atoms with Crippen molar-refractivity contribution in [2.24, 2.45) is 0 Å². The van der Waals surface area contributed by atoms with Gasteiger partial charge < -0.3 is 0 Å². The van der Waals surface area contributed by atoms with Crippen LogP contribution in [0.15, 0.2) is 60.2 Å². The van der Waals surface area contributed by atoms with Gasteiger partial charge in [-0.2, -0.15) is 0 Å². The number of rotatable bonds is 2. The number of hydrogen-bond acceptors (Lipinski definition) is 3. The van der Waals surface area contributed by atoms with Crippen molar-refractivity contribution in [1.29, 1.82) is 0 Å². The van der Waals surface area contributed by atoms with E-state index in [0.717, 1.165) is 16.0 Å². The maximum absolute atomic E-state index is 11.0. The second-order valence-electron chi connectivity index (χ2n) is 6.21. The highest BCUT2D eigenvalue weighted by Crippen LogP contribution is 2.09. The van der Waals surface area contributed by atoms with Gasteiger partial charge in [0.25, 0.3) is 0 Å². The summed E-state index contributed by atoms with van der Waals surface area (Å²) in [7, 11) is 0. The molecule has 0 saturated carbocycles. The van der Waals surface area contributed by atoms with E-state index in [2.05, 4.69) is 0 Å². The highest BCUT2D eigenvalue weighted by Gasteiger charge is 2.15. The van der Waals surface area contributed by atoms with Gasteiger partial charge in [-0.05, 0) is 48.9 Å². The third-order valence-electron chi connectivity index (χ3n) is 3.24. The zero-order valence-electron chi connectivity index (χ0n) is 13.2. The lowest BCUT2D eigenvalue weighted by atomic mass is 10.1. The molecule has 114 valence electrons. The Morgan fingerprint density at radius 1 is 0.909 bits per heavy atom. The van der Waals surface area contributed by atoms with Crippen molar-refractivity contribution in [3.63, 3.8) is 0 Å². The van der Waals surface area contributed by atoms with E-state index in [-0.39, 0.29) is 11.3 Å². The molecule has 1 aliphatic carbocycles. The summed E-state index contributed by atoms with van der Waals surface area (Å²) in [6.07, 6.45) is 12.4. The van der Waals surface area contributed by atoms with Crippen LogP contribution in [0.5, 0.6) is 0 Å². The third kappa shape index (κ3) is 4.57. The monoisotopic (exact) mass is 295 g/mol. The maximum Gasteiger partial charge on any atom is 0.178 e. The summed E-state index contributed by atoms with van der Waals surface area (Å²) in [6, 6.07) is 7.88. The maximum atomic E-state index is 11.0. The van der Waals surface area contributed by atoms with Gasteiger partial charge in [0.15, 0.2) is 5.78 Å². The SMILES string of the molecule is CC(C)(C)N(O)C=c1ccc(=CC=C2C=CC(=O)C=C2)cc1. The van der Waals surface area contributed by atoms with Gasteiger partial charge in [0.05, 0.1) is 5.54 Å². The van der Waals surface area contributed by atoms with Gasteiger partial charge >= 0.3 is 0 Å². The predicted octanol–water partition coefficient (Wildman–Crippen LogP) is 2.32. The number of nitrogens with zero attached hydrogens (tertiary/aromatic N) is 1. The molecule has 1 aromatic carbocycles. The third-order valence-corrected chi connectivity index (χ3v) is 3.24. The van der Waals surface area contributed by atoms with Crippen molar-refractivity contribution in [2.45, 2.75) is 26.3 Å². The minimum Gasteiger partial charge on any atom is -0.290 e. The number of ketones is 1. The minimum atomic E-state index is -0.327. The lowest BCUT2D eigenvalue weighted by Gasteiger charge is -2.27. The molecule has 3 heteroatoms. The average Bonchev–Trinajstić information content (AvgIpc) is 2.47. The molecular weight excluding hydrogens is 274 g/mol. The Kier molecular flexibility index (Phi) is 4.78. The molecule has 0 atom stereocenters. The highest BCUT2D eigenvalue weighted by molar-refractivity contribution is 6.01. The van der Waals surface area contributed by atoms with Crippen LogP contribution in [0.1, 0.15) is 20.8 Å². The fourth-order valence-corrected chi connectivity index (χ4v) is 1.80. The summed E-state index contributed by atoms with van der Waals surface area (Å²) < 4.78 is 0. The molecule has 1 aliphatic rings. The molecule has 0 heterocycles. The summed E-state index contributed by atoms with van der Waals surface area (Å²) in [5.41, 5.74) is 0.663. The first kappa shape index (κ1) is 16.0. The van der Waals surface area contributed by atoms with Crippen LogP contribution < -0.4 is 10.4 Å². The first-order valence-electron chi connectivity index (χ1n) is 7.23. The van der Waals surface area contributed by atoms with Gasteiger partial charge in [0.1, 0.15) is 0 Å². The summed E-state index contributed by atoms with van der Waals surface area (Å²) in [6.45, 7) is 5.81. The van der Waals surface area contributed by atoms with Gasteiger partial charge in [-0.3, -0.25) is 15.1 Å². The number of carbonyl (C=O) groups excluding carboxylic acids is 1. The second kappa shape index (κ2) is 6.58. The molecular formula is C19H21NO2. The van der Waals surface area contributed by atoms with E-state index in [1.807, 2.05) is 57.2 Å². The Hall–Kier alpha value is -2.39. The molecule has 0 radical (unpaired) electrons. The molecule has 0 unspecified atom stereocenters. The van der Waals surface area contributed by atoms with E-state index in [1.54, 1.807) is 30.5 Å². The second-order valence-corrected chi connectivity index (χ2v) is 6.21. The van der Waals surface area contributed by atoms with Crippen LogP contribution in [0.4, 0.5) is 0 Å². The number of carbonyl (C=O) groups is 1. The Bertz CT molecular complexity index is 720. The van der Waals surface area contributed by atoms with Crippen molar-refractivity contribution in [3.8, 4) is 0 Å². The summed E-state index contributed by atoms with van der Waals surface area (Å²) in [5.74, 6) is 0.0180. The topological polar surface area (TPSA) is 40.5 Å². The Balaban J connectivity index is 2.19. The van der Waals surface area contributed by atoms with Gasteiger partial charge in [-0.15, -0.1) is 0 Å². The predicted molar refractivity (Wildman–Crippen MR) is 89.4 cm³/mol. The lowest BCUT2D eigenvalue weighted by molar-refractivity contribution is -0.110. The van der Waals surface area contributed by atoms with Crippen molar-refractivity contribution >= 4 is 18.1 Å². The Morgan fingerprint density at radius 2 is 1.45 bits per heavy atom. The Morgan fingerprint density at radius 3 is 2.00 bits per heavy atom. The largest absolute Gasteiger partial charge is 0.290 e. The molecule has 0 saturated heterocycles. The van der Waals surface area contributed by atoms with Crippen molar-refractivity contribution in [2.75, 3.05) is 0 Å². The summed E-state index contributed by atoms with van der Waals surface area (Å²) in [5, 5.41) is 13.1. The van der Waals surface area contributed by atoms with Crippen LogP contribution in [0.25, 0.3) is 12.3 Å². The van der Waals surface area contributed by atoms with E-state index in [0.29, 0.717) is 0 Å². The van der Waals surface area contributed by atoms with Crippen LogP contribution in [0.2, 0.25) is 0 Å². The average molecular weight is 295 g/mol. The number of allylic oxidation sites excluding steroid dienone is 6. The summed E-state index contributed by atoms with van der Waals surface area (Å²) >= 11 is 0. The first-order chi connectivity index (χ1) is 10.3. The zero-order chi connectivity index (χ0) is 16.2. The summed E-state index contributed by atoms with van der Waals surface area (Å²) in [4.78, 5) is 11.0. The van der Waals surface area contributed by atoms with E-state index in [9.17, 15) is 10.0 Å². The van der Waals surface area contributed by atoms with Crippen molar-refractivity contribution in [1.82, 2.24) is 5.06 Å². The van der Waals surface area contributed by atoms with Crippen molar-refractivity contribution in [3.05, 3.63) is 70.7 Å². The number of benzene rings is 1. The normalized spacial score (nSPS) is 14.0. The molecule has 0 amide bonds. The van der Waals surface area contributed by atoms with Gasteiger partial charge in [0, 0.05) is 6.20 Å². The van der Waals surface area contributed by atoms with Crippen LogP contribution in [-0.4, -0.2) is 21.6 Å². The first-order valence-corrected chi connectivity index (χ1v) is 7.23. The van der Waals surface area contributed by atoms with Crippen LogP contribution >= 0.6 is 0 Å². The lowest BCUT2D eigenvalue weighted by Crippen LogP contribution is -2.35. The fourth-order valence-electron chi connectivity index (χ4n) is 1.80. The van der Waals surface area contributed by atoms with Crippen LogP contribution in [-0.2, 0) is 4.79 Å². The highest BCUT2D eigenvalue weighted by atomic mass is 16.5. The smallest absolute Gasteiger partial charge is 0.178 e. The molecule has 2 rings (SSSR count). The van der Waals surface area contributed by atoms with E-state index in [4.69, 9.17) is 0 Å². The number of hydroxylamine groups is 2. The molecule has 1 aromatic rings. The molecule has 0 fully saturated rings. The fraction of sp³-hybridized carbons (Fsp3) is 0.211. The Labute approximate surface area is 130 Å². The standard InChI is InChI=1S/C19H21NO2/c1-19(2,3)20(22)14-17-8-6-15(7-9-17)4-5-16-10-12-18(21)13-11-16/h4-14,22H,1-3H3. The molecule has 0 spiro atoms. The molecule has 1 N–H and O–H groups in total. The zero-order valence-corrected chi connectivity index (χ0v) is 13.2. The van der Waals surface area contributed by atoms with Crippen LogP contribution in [0.3, 0.4) is 0 Å². The van der Waals surface area contributed by atoms with Crippen LogP contribution in [0, 0.1) is 0 Å². The van der Waals surface area contributed by atoms with Crippen molar-refractivity contribution < 1.29 is 10.0 Å². The molecule has 0 aliphatic heterocycles. The molecule has 0 bridgehead atoms. The molecule has 0 aromatic heterocycles. The van der Waals surface area contributed by atoms with Gasteiger partial charge in [-0.1, -0.05) is 48.6 Å². The quantitative estimate of drug-likeness (QED) is 0.851. The van der Waals surface area contributed by atoms with E-state index < -0.39 is 0 Å². The van der Waals surface area contributed by atoms with Gasteiger partial charge in [0.2, 0.25) is 0 Å². The van der Waals surface area contributed by atoms with Gasteiger partial charge in [-0.25, -0.2) is 0 Å². The van der Waals surface area contributed by atoms with E-state index >= 15 is 0 Å².